The number of benzene rings is 7. The van der Waals surface area contributed by atoms with E-state index in [1.165, 1.54) is 94.8 Å². The highest BCUT2D eigenvalue weighted by atomic mass is 15.2. The second-order valence-electron chi connectivity index (χ2n) is 18.8. The number of fused-ring (bicyclic) bond motifs is 4. The van der Waals surface area contributed by atoms with E-state index in [0.29, 0.717) is 11.8 Å². The van der Waals surface area contributed by atoms with Gasteiger partial charge in [0.2, 0.25) is 0 Å². The summed E-state index contributed by atoms with van der Waals surface area (Å²) in [6.07, 6.45) is 16.2. The van der Waals surface area contributed by atoms with Crippen molar-refractivity contribution in [1.82, 2.24) is 0 Å². The summed E-state index contributed by atoms with van der Waals surface area (Å²) >= 11 is 0. The highest BCUT2D eigenvalue weighted by Crippen LogP contribution is 2.50. The summed E-state index contributed by atoms with van der Waals surface area (Å²) < 4.78 is 0. The van der Waals surface area contributed by atoms with Crippen LogP contribution in [0.25, 0.3) is 33.4 Å². The first-order valence-electron chi connectivity index (χ1n) is 23.7. The molecule has 66 heavy (non-hydrogen) atoms. The molecule has 0 amide bonds. The Hall–Kier alpha value is -6.96. The van der Waals surface area contributed by atoms with Gasteiger partial charge in [-0.2, -0.15) is 0 Å². The summed E-state index contributed by atoms with van der Waals surface area (Å²) in [5.41, 5.74) is 24.2. The lowest BCUT2D eigenvalue weighted by molar-refractivity contribution is 0.628. The Balaban J connectivity index is 0.000000143. The molecule has 0 spiro atoms. The van der Waals surface area contributed by atoms with Gasteiger partial charge in [-0.1, -0.05) is 214 Å². The Labute approximate surface area is 395 Å². The highest BCUT2D eigenvalue weighted by Gasteiger charge is 2.36. The first-order valence-corrected chi connectivity index (χ1v) is 23.7. The van der Waals surface area contributed by atoms with Gasteiger partial charge in [-0.15, -0.1) is 0 Å². The van der Waals surface area contributed by atoms with Gasteiger partial charge >= 0.3 is 0 Å². The lowest BCUT2D eigenvalue weighted by Gasteiger charge is -2.27. The van der Waals surface area contributed by atoms with Crippen LogP contribution in [0.3, 0.4) is 0 Å². The van der Waals surface area contributed by atoms with Crippen LogP contribution in [0.1, 0.15) is 89.2 Å². The molecule has 1 aliphatic heterocycles. The number of allylic oxidation sites excluding steroid dienone is 9. The fourth-order valence-electron chi connectivity index (χ4n) is 9.80. The molecule has 2 unspecified atom stereocenters. The van der Waals surface area contributed by atoms with E-state index in [0.717, 1.165) is 18.5 Å². The van der Waals surface area contributed by atoms with Crippen LogP contribution in [0.5, 0.6) is 0 Å². The smallest absolute Gasteiger partial charge is 0.0447 e. The number of hydrogen-bond acceptors (Lipinski definition) is 1. The average molecular weight is 860 g/mol. The molecular weight excluding hydrogens is 795 g/mol. The van der Waals surface area contributed by atoms with E-state index in [2.05, 4.69) is 236 Å². The van der Waals surface area contributed by atoms with Gasteiger partial charge < -0.3 is 4.90 Å². The molecule has 0 N–H and O–H groups in total. The van der Waals surface area contributed by atoms with Crippen molar-refractivity contribution < 1.29 is 0 Å². The molecule has 2 atom stereocenters. The predicted molar refractivity (Wildman–Crippen MR) is 287 cm³/mol. The zero-order valence-corrected chi connectivity index (χ0v) is 40.3. The van der Waals surface area contributed by atoms with Crippen molar-refractivity contribution in [3.8, 4) is 22.3 Å². The molecule has 1 heterocycles. The van der Waals surface area contributed by atoms with Crippen LogP contribution in [0.15, 0.2) is 207 Å². The summed E-state index contributed by atoms with van der Waals surface area (Å²) in [6, 6.07) is 57.3. The van der Waals surface area contributed by atoms with Gasteiger partial charge in [-0.25, -0.2) is 0 Å². The van der Waals surface area contributed by atoms with Gasteiger partial charge in [0.25, 0.3) is 0 Å². The van der Waals surface area contributed by atoms with Crippen LogP contribution in [0.4, 0.5) is 11.4 Å². The van der Waals surface area contributed by atoms with E-state index in [1.807, 2.05) is 31.2 Å². The Kier molecular flexibility index (Phi) is 13.9. The molecule has 0 aromatic heterocycles. The minimum absolute atomic E-state index is 0.0480. The fraction of sp³-hybridized carbons (Fsp3) is 0.200. The predicted octanol–water partition coefficient (Wildman–Crippen LogP) is 17.5. The highest BCUT2D eigenvalue weighted by molar-refractivity contribution is 5.83. The van der Waals surface area contributed by atoms with Gasteiger partial charge in [-0.3, -0.25) is 0 Å². The van der Waals surface area contributed by atoms with Crippen LogP contribution in [0, 0.1) is 33.6 Å². The van der Waals surface area contributed by atoms with Crippen molar-refractivity contribution >= 4 is 22.5 Å². The topological polar surface area (TPSA) is 3.24 Å². The van der Waals surface area contributed by atoms with E-state index in [4.69, 9.17) is 0 Å². The molecule has 2 aliphatic carbocycles. The van der Waals surface area contributed by atoms with Crippen molar-refractivity contribution in [2.45, 2.75) is 73.1 Å². The number of para-hydroxylation sites is 1. The number of rotatable bonds is 7. The minimum Gasteiger partial charge on any atom is -0.341 e. The van der Waals surface area contributed by atoms with Crippen molar-refractivity contribution in [2.24, 2.45) is 5.92 Å². The Morgan fingerprint density at radius 2 is 1.29 bits per heavy atom. The summed E-state index contributed by atoms with van der Waals surface area (Å²) in [5, 5.41) is 0. The second kappa shape index (κ2) is 20.1. The van der Waals surface area contributed by atoms with Gasteiger partial charge in [0, 0.05) is 29.3 Å². The maximum absolute atomic E-state index is 4.01. The molecule has 7 aromatic carbocycles. The fourth-order valence-corrected chi connectivity index (χ4v) is 9.80. The summed E-state index contributed by atoms with van der Waals surface area (Å²) in [5.74, 6) is 0.899. The van der Waals surface area contributed by atoms with E-state index in [-0.39, 0.29) is 5.41 Å². The van der Waals surface area contributed by atoms with Gasteiger partial charge in [0.1, 0.15) is 0 Å². The normalized spacial score (nSPS) is 16.4. The third-order valence-electron chi connectivity index (χ3n) is 13.7. The van der Waals surface area contributed by atoms with Gasteiger partial charge in [0.05, 0.1) is 0 Å². The Morgan fingerprint density at radius 1 is 0.636 bits per heavy atom. The van der Waals surface area contributed by atoms with Crippen LogP contribution in [-0.4, -0.2) is 6.54 Å². The molecule has 0 saturated carbocycles. The molecule has 0 fully saturated rings. The number of nitrogens with zero attached hydrogens (tertiary/aromatic N) is 1. The summed E-state index contributed by atoms with van der Waals surface area (Å²) in [7, 11) is 0. The summed E-state index contributed by atoms with van der Waals surface area (Å²) in [4.78, 5) is 2.43. The molecule has 3 aliphatic rings. The molecule has 330 valence electrons. The molecule has 7 aromatic rings. The van der Waals surface area contributed by atoms with E-state index >= 15 is 0 Å². The number of hydrogen-bond donors (Lipinski definition) is 0. The summed E-state index contributed by atoms with van der Waals surface area (Å²) in [6.45, 7) is 22.8. The third-order valence-corrected chi connectivity index (χ3v) is 13.7. The molecule has 0 radical (unpaired) electrons. The average Bonchev–Trinajstić information content (AvgIpc) is 3.84. The van der Waals surface area contributed by atoms with E-state index in [1.54, 1.807) is 0 Å². The second-order valence-corrected chi connectivity index (χ2v) is 18.8. The number of anilines is 2. The van der Waals surface area contributed by atoms with Crippen molar-refractivity contribution in [3.63, 3.8) is 0 Å². The van der Waals surface area contributed by atoms with Crippen LogP contribution in [-0.2, 0) is 11.8 Å². The van der Waals surface area contributed by atoms with Crippen LogP contribution < -0.4 is 4.90 Å². The van der Waals surface area contributed by atoms with Crippen LogP contribution in [0.2, 0.25) is 0 Å². The minimum atomic E-state index is 0.0480. The van der Waals surface area contributed by atoms with Crippen molar-refractivity contribution in [2.75, 3.05) is 11.4 Å². The Bertz CT molecular complexity index is 2950. The molecule has 10 rings (SSSR count). The van der Waals surface area contributed by atoms with E-state index in [9.17, 15) is 0 Å². The maximum Gasteiger partial charge on any atom is 0.0447 e. The zero-order valence-electron chi connectivity index (χ0n) is 40.3. The third kappa shape index (κ3) is 9.82. The molecule has 1 heteroatoms. The maximum atomic E-state index is 4.01. The van der Waals surface area contributed by atoms with Crippen LogP contribution >= 0.6 is 0 Å². The zero-order chi connectivity index (χ0) is 46.4. The molecule has 0 bridgehead atoms. The van der Waals surface area contributed by atoms with Gasteiger partial charge in [-0.05, 0) is 149 Å². The lowest BCUT2D eigenvalue weighted by atomic mass is 9.77. The molecule has 1 nitrogen and oxygen atoms in total. The quantitative estimate of drug-likeness (QED) is 0.144. The van der Waals surface area contributed by atoms with Crippen molar-refractivity contribution in [3.05, 3.63) is 262 Å². The Morgan fingerprint density at radius 3 is 2.00 bits per heavy atom. The molecule has 0 saturated heterocycles. The first kappa shape index (κ1) is 45.6. The largest absolute Gasteiger partial charge is 0.341 e. The standard InChI is InChI=1S/C29H28.C22H21N.C14H16/c1-19-10-14-24-25-15-13-23(18-28(25)29(3,4)27(24)16-19)26-17-22(12-11-20(26)2)21-8-6-5-7-9-21;1-16-8-6-7-11-20(16)21-15-18-12-13-23(22(18)14-17(21)2)19-9-4-3-5-10-19;1-4-5-6-7-13(3)14-10-8-12(2)9-11-14/h5-18,20,26H,1-4H3;3-11,14-15H,12-13H2,1-2H3;4-11H,3H2,1-2H3/b;;5-4-,7-6-. The molecular formula is C65H65N. The first-order chi connectivity index (χ1) is 31.9. The monoisotopic (exact) mass is 860 g/mol. The van der Waals surface area contributed by atoms with Gasteiger partial charge in [0.15, 0.2) is 0 Å². The lowest BCUT2D eigenvalue weighted by Crippen LogP contribution is -2.16. The number of aryl methyl sites for hydroxylation is 4. The van der Waals surface area contributed by atoms with E-state index < -0.39 is 0 Å². The van der Waals surface area contributed by atoms with Crippen molar-refractivity contribution in [1.29, 1.82) is 0 Å². The SMILES string of the molecule is C=C(/C=C\C=C/C)c1ccc(C)cc1.Cc1ccc2c(c1)C(C)(C)c1cc(C3C=C(c4ccccc4)C=CC3C)ccc1-2.Cc1ccccc1-c1cc2c(cc1C)N(c1ccccc1)CC2.